The summed E-state index contributed by atoms with van der Waals surface area (Å²) in [4.78, 5) is 9.32. The van der Waals surface area contributed by atoms with Gasteiger partial charge in [0.2, 0.25) is 11.8 Å². The monoisotopic (exact) mass is 341 g/mol. The molecule has 0 bridgehead atoms. The minimum atomic E-state index is -4.57. The lowest BCUT2D eigenvalue weighted by molar-refractivity contribution is -0.139. The van der Waals surface area contributed by atoms with Gasteiger partial charge < -0.3 is 14.4 Å². The van der Waals surface area contributed by atoms with Crippen LogP contribution in [0.2, 0.25) is 0 Å². The number of methoxy groups -OCH3 is 1. The van der Waals surface area contributed by atoms with Crippen molar-refractivity contribution in [1.82, 2.24) is 9.97 Å². The molecule has 0 aliphatic rings. The highest BCUT2D eigenvalue weighted by Gasteiger charge is 2.36. The molecule has 2 rings (SSSR count). The van der Waals surface area contributed by atoms with E-state index in [1.54, 1.807) is 50.2 Å². The Kier molecular flexibility index (Phi) is 5.48. The van der Waals surface area contributed by atoms with Crippen molar-refractivity contribution in [3.05, 3.63) is 36.0 Å². The predicted octanol–water partition coefficient (Wildman–Crippen LogP) is 4.06. The van der Waals surface area contributed by atoms with E-state index in [0.717, 1.165) is 6.20 Å². The van der Waals surface area contributed by atoms with Crippen molar-refractivity contribution in [2.45, 2.75) is 19.5 Å². The van der Waals surface area contributed by atoms with Gasteiger partial charge in [-0.3, -0.25) is 0 Å². The minimum Gasteiger partial charge on any atom is -0.497 e. The summed E-state index contributed by atoms with van der Waals surface area (Å²) < 4.78 is 49.3. The van der Waals surface area contributed by atoms with Crippen LogP contribution in [0.5, 0.6) is 11.6 Å². The zero-order valence-electron chi connectivity index (χ0n) is 13.6. The van der Waals surface area contributed by atoms with Crippen LogP contribution in [0.1, 0.15) is 18.9 Å². The Morgan fingerprint density at radius 2 is 1.83 bits per heavy atom. The number of nitrogens with zero attached hydrogens (tertiary/aromatic N) is 3. The summed E-state index contributed by atoms with van der Waals surface area (Å²) in [7, 11) is 3.21. The van der Waals surface area contributed by atoms with E-state index in [4.69, 9.17) is 9.47 Å². The first-order chi connectivity index (χ1) is 11.4. The SMILES string of the molecule is CCCOc1nc(N(C)c2ccc(OC)cc2)ncc1C(F)(F)F. The van der Waals surface area contributed by atoms with Gasteiger partial charge in [-0.15, -0.1) is 0 Å². The number of benzene rings is 1. The number of halogens is 3. The molecule has 1 aromatic carbocycles. The normalized spacial score (nSPS) is 11.2. The standard InChI is InChI=1S/C16H18F3N3O2/c1-4-9-24-14-13(16(17,18)19)10-20-15(21-14)22(2)11-5-7-12(23-3)8-6-11/h5-8,10H,4,9H2,1-3H3. The number of alkyl halides is 3. The highest BCUT2D eigenvalue weighted by atomic mass is 19.4. The van der Waals surface area contributed by atoms with Crippen LogP contribution in [0.25, 0.3) is 0 Å². The topological polar surface area (TPSA) is 47.5 Å². The maximum absolute atomic E-state index is 13.0. The molecular formula is C16H18F3N3O2. The number of anilines is 2. The molecular weight excluding hydrogens is 323 g/mol. The van der Waals surface area contributed by atoms with Crippen molar-refractivity contribution in [3.63, 3.8) is 0 Å². The lowest BCUT2D eigenvalue weighted by Crippen LogP contribution is -2.17. The first-order valence-corrected chi connectivity index (χ1v) is 7.31. The van der Waals surface area contributed by atoms with E-state index in [9.17, 15) is 13.2 Å². The quantitative estimate of drug-likeness (QED) is 0.793. The average molecular weight is 341 g/mol. The van der Waals surface area contributed by atoms with Crippen LogP contribution in [0.4, 0.5) is 24.8 Å². The Labute approximate surface area is 138 Å². The fourth-order valence-electron chi connectivity index (χ4n) is 1.94. The molecule has 0 N–H and O–H groups in total. The Morgan fingerprint density at radius 1 is 1.17 bits per heavy atom. The third-order valence-corrected chi connectivity index (χ3v) is 3.25. The number of ether oxygens (including phenoxy) is 2. The first-order valence-electron chi connectivity index (χ1n) is 7.31. The zero-order chi connectivity index (χ0) is 17.7. The van der Waals surface area contributed by atoms with Crippen molar-refractivity contribution >= 4 is 11.6 Å². The molecule has 0 aliphatic carbocycles. The van der Waals surface area contributed by atoms with Crippen LogP contribution in [0, 0.1) is 0 Å². The molecule has 0 saturated carbocycles. The number of hydrogen-bond donors (Lipinski definition) is 0. The van der Waals surface area contributed by atoms with Crippen molar-refractivity contribution in [2.24, 2.45) is 0 Å². The van der Waals surface area contributed by atoms with Crippen LogP contribution >= 0.6 is 0 Å². The zero-order valence-corrected chi connectivity index (χ0v) is 13.6. The maximum Gasteiger partial charge on any atom is 0.423 e. The van der Waals surface area contributed by atoms with E-state index < -0.39 is 17.6 Å². The molecule has 1 aromatic heterocycles. The van der Waals surface area contributed by atoms with E-state index in [-0.39, 0.29) is 12.6 Å². The van der Waals surface area contributed by atoms with Crippen LogP contribution in [0.3, 0.4) is 0 Å². The molecule has 0 amide bonds. The molecule has 0 aliphatic heterocycles. The highest BCUT2D eigenvalue weighted by molar-refractivity contribution is 5.58. The Morgan fingerprint density at radius 3 is 2.38 bits per heavy atom. The van der Waals surface area contributed by atoms with Gasteiger partial charge in [-0.05, 0) is 30.7 Å². The van der Waals surface area contributed by atoms with Gasteiger partial charge in [0.1, 0.15) is 11.3 Å². The van der Waals surface area contributed by atoms with Crippen LogP contribution in [-0.2, 0) is 6.18 Å². The number of hydrogen-bond acceptors (Lipinski definition) is 5. The second-order valence-corrected chi connectivity index (χ2v) is 4.99. The summed E-state index contributed by atoms with van der Waals surface area (Å²) in [6, 6.07) is 6.99. The first kappa shape index (κ1) is 17.8. The summed E-state index contributed by atoms with van der Waals surface area (Å²) in [5, 5.41) is 0. The second-order valence-electron chi connectivity index (χ2n) is 4.99. The summed E-state index contributed by atoms with van der Waals surface area (Å²) >= 11 is 0. The fraction of sp³-hybridized carbons (Fsp3) is 0.375. The summed E-state index contributed by atoms with van der Waals surface area (Å²) in [6.07, 6.45) is -3.25. The molecule has 8 heteroatoms. The molecule has 0 atom stereocenters. The van der Waals surface area contributed by atoms with E-state index in [1.165, 1.54) is 0 Å². The smallest absolute Gasteiger partial charge is 0.423 e. The minimum absolute atomic E-state index is 0.110. The second kappa shape index (κ2) is 7.37. The van der Waals surface area contributed by atoms with Gasteiger partial charge in [0.15, 0.2) is 0 Å². The van der Waals surface area contributed by atoms with Crippen LogP contribution < -0.4 is 14.4 Å². The molecule has 0 fully saturated rings. The predicted molar refractivity (Wildman–Crippen MR) is 83.9 cm³/mol. The van der Waals surface area contributed by atoms with Crippen molar-refractivity contribution in [1.29, 1.82) is 0 Å². The molecule has 0 saturated heterocycles. The third kappa shape index (κ3) is 4.06. The van der Waals surface area contributed by atoms with Crippen LogP contribution in [-0.4, -0.2) is 30.7 Å². The molecule has 2 aromatic rings. The van der Waals surface area contributed by atoms with E-state index in [2.05, 4.69) is 9.97 Å². The molecule has 24 heavy (non-hydrogen) atoms. The van der Waals surface area contributed by atoms with Gasteiger partial charge in [-0.1, -0.05) is 6.92 Å². The third-order valence-electron chi connectivity index (χ3n) is 3.25. The molecule has 130 valence electrons. The summed E-state index contributed by atoms with van der Waals surface area (Å²) in [6.45, 7) is 1.95. The largest absolute Gasteiger partial charge is 0.497 e. The molecule has 5 nitrogen and oxygen atoms in total. The summed E-state index contributed by atoms with van der Waals surface area (Å²) in [5.41, 5.74) is -0.278. The Bertz CT molecular complexity index is 675. The Hall–Kier alpha value is -2.51. The lowest BCUT2D eigenvalue weighted by Gasteiger charge is -2.19. The van der Waals surface area contributed by atoms with Crippen LogP contribution in [0.15, 0.2) is 30.5 Å². The van der Waals surface area contributed by atoms with E-state index in [0.29, 0.717) is 17.9 Å². The van der Waals surface area contributed by atoms with Crippen molar-refractivity contribution in [3.8, 4) is 11.6 Å². The van der Waals surface area contributed by atoms with E-state index >= 15 is 0 Å². The van der Waals surface area contributed by atoms with Gasteiger partial charge in [0.25, 0.3) is 0 Å². The summed E-state index contributed by atoms with van der Waals surface area (Å²) in [5.74, 6) is 0.321. The number of rotatable bonds is 6. The van der Waals surface area contributed by atoms with Crippen molar-refractivity contribution < 1.29 is 22.6 Å². The van der Waals surface area contributed by atoms with Gasteiger partial charge in [0, 0.05) is 18.9 Å². The van der Waals surface area contributed by atoms with E-state index in [1.807, 2.05) is 0 Å². The fourth-order valence-corrected chi connectivity index (χ4v) is 1.94. The molecule has 0 spiro atoms. The van der Waals surface area contributed by atoms with Crippen molar-refractivity contribution in [2.75, 3.05) is 25.7 Å². The molecule has 0 unspecified atom stereocenters. The van der Waals surface area contributed by atoms with Gasteiger partial charge >= 0.3 is 6.18 Å². The van der Waals surface area contributed by atoms with Gasteiger partial charge in [-0.2, -0.15) is 18.2 Å². The van der Waals surface area contributed by atoms with Gasteiger partial charge in [0.05, 0.1) is 13.7 Å². The average Bonchev–Trinajstić information content (AvgIpc) is 2.58. The Balaban J connectivity index is 2.35. The highest BCUT2D eigenvalue weighted by Crippen LogP contribution is 2.36. The number of aromatic nitrogens is 2. The lowest BCUT2D eigenvalue weighted by atomic mass is 10.3. The maximum atomic E-state index is 13.0. The van der Waals surface area contributed by atoms with Gasteiger partial charge in [-0.25, -0.2) is 4.98 Å². The molecule has 0 radical (unpaired) electrons. The molecule has 1 heterocycles.